The second-order valence-electron chi connectivity index (χ2n) is 9.22. The molecule has 0 aliphatic carbocycles. The van der Waals surface area contributed by atoms with Gasteiger partial charge in [0.2, 0.25) is 0 Å². The molecule has 1 aromatic carbocycles. The largest absolute Gasteiger partial charge is 0.486 e. The number of hydrogen-bond donors (Lipinski definition) is 0. The standard InChI is InChI=1S/C22H31BBrFO3/c1-22(2)26-14-21(28-22)20(27-19-10-9-17(25)13-18(19)24)11-12-23-15-5-3-6-16(23)8-4-7-15/h9-10,13,15-16,20-21H,3-8,11-12,14H2,1-2H3. The lowest BCUT2D eigenvalue weighted by atomic mass is 9.25. The molecule has 28 heavy (non-hydrogen) atoms. The van der Waals surface area contributed by atoms with E-state index in [1.807, 2.05) is 13.8 Å². The van der Waals surface area contributed by atoms with E-state index in [0.717, 1.165) is 24.8 Å². The Morgan fingerprint density at radius 1 is 1.21 bits per heavy atom. The highest BCUT2D eigenvalue weighted by Crippen LogP contribution is 2.48. The normalized spacial score (nSPS) is 30.3. The lowest BCUT2D eigenvalue weighted by Gasteiger charge is -2.41. The van der Waals surface area contributed by atoms with Gasteiger partial charge in [0.1, 0.15) is 30.5 Å². The zero-order valence-electron chi connectivity index (χ0n) is 17.0. The lowest BCUT2D eigenvalue weighted by molar-refractivity contribution is -0.149. The molecular weight excluding hydrogens is 422 g/mol. The maximum absolute atomic E-state index is 13.5. The van der Waals surface area contributed by atoms with Crippen molar-refractivity contribution in [1.82, 2.24) is 0 Å². The summed E-state index contributed by atoms with van der Waals surface area (Å²) in [4.78, 5) is 0. The maximum atomic E-state index is 13.5. The first-order valence-corrected chi connectivity index (χ1v) is 11.6. The first-order chi connectivity index (χ1) is 13.4. The van der Waals surface area contributed by atoms with E-state index in [0.29, 0.717) is 16.8 Å². The Balaban J connectivity index is 1.46. The van der Waals surface area contributed by atoms with Gasteiger partial charge in [0.15, 0.2) is 5.79 Å². The van der Waals surface area contributed by atoms with Gasteiger partial charge in [-0.2, -0.15) is 0 Å². The molecule has 3 nitrogen and oxygen atoms in total. The van der Waals surface area contributed by atoms with Crippen molar-refractivity contribution in [1.29, 1.82) is 0 Å². The Hall–Kier alpha value is -0.585. The van der Waals surface area contributed by atoms with Crippen molar-refractivity contribution in [2.75, 3.05) is 6.61 Å². The topological polar surface area (TPSA) is 27.7 Å². The third kappa shape index (κ3) is 4.76. The van der Waals surface area contributed by atoms with Crippen LogP contribution in [0.5, 0.6) is 5.75 Å². The van der Waals surface area contributed by atoms with Gasteiger partial charge < -0.3 is 14.2 Å². The molecular formula is C22H31BBrFO3. The molecule has 3 saturated heterocycles. The van der Waals surface area contributed by atoms with Crippen molar-refractivity contribution in [3.8, 4) is 5.75 Å². The van der Waals surface area contributed by atoms with E-state index in [1.54, 1.807) is 6.07 Å². The van der Waals surface area contributed by atoms with Gasteiger partial charge in [0.25, 0.3) is 0 Å². The lowest BCUT2D eigenvalue weighted by Crippen LogP contribution is -2.39. The molecule has 3 aliphatic rings. The Bertz CT molecular complexity index is 664. The summed E-state index contributed by atoms with van der Waals surface area (Å²) in [5.74, 6) is 1.61. The van der Waals surface area contributed by atoms with Gasteiger partial charge in [-0.15, -0.1) is 0 Å². The van der Waals surface area contributed by atoms with E-state index in [2.05, 4.69) is 15.9 Å². The van der Waals surface area contributed by atoms with Gasteiger partial charge >= 0.3 is 0 Å². The Labute approximate surface area is 176 Å². The van der Waals surface area contributed by atoms with E-state index in [4.69, 9.17) is 14.2 Å². The first kappa shape index (κ1) is 20.7. The van der Waals surface area contributed by atoms with Crippen molar-refractivity contribution in [3.63, 3.8) is 0 Å². The fourth-order valence-corrected chi connectivity index (χ4v) is 6.04. The van der Waals surface area contributed by atoms with Crippen molar-refractivity contribution in [3.05, 3.63) is 28.5 Å². The number of hydrogen-bond acceptors (Lipinski definition) is 3. The highest BCUT2D eigenvalue weighted by molar-refractivity contribution is 9.10. The van der Waals surface area contributed by atoms with Crippen molar-refractivity contribution in [2.45, 2.75) is 94.7 Å². The summed E-state index contributed by atoms with van der Waals surface area (Å²) in [5.41, 5.74) is 0. The molecule has 154 valence electrons. The summed E-state index contributed by atoms with van der Waals surface area (Å²) in [6.45, 7) is 5.25. The molecule has 3 aliphatic heterocycles. The summed E-state index contributed by atoms with van der Waals surface area (Å²) in [6, 6.07) is 4.59. The fraction of sp³-hybridized carbons (Fsp3) is 0.727. The molecule has 2 unspecified atom stereocenters. The summed E-state index contributed by atoms with van der Waals surface area (Å²) in [6.07, 6.45) is 10.3. The summed E-state index contributed by atoms with van der Waals surface area (Å²) >= 11 is 3.44. The van der Waals surface area contributed by atoms with E-state index < -0.39 is 5.79 Å². The van der Waals surface area contributed by atoms with Crippen LogP contribution in [0.2, 0.25) is 18.0 Å². The van der Waals surface area contributed by atoms with Crippen molar-refractivity contribution < 1.29 is 18.6 Å². The average Bonchev–Trinajstić information content (AvgIpc) is 2.99. The Morgan fingerprint density at radius 3 is 2.46 bits per heavy atom. The molecule has 0 spiro atoms. The summed E-state index contributed by atoms with van der Waals surface area (Å²) < 4.78 is 32.5. The molecule has 3 heterocycles. The third-order valence-corrected chi connectivity index (χ3v) is 7.53. The molecule has 0 amide bonds. The zero-order chi connectivity index (χ0) is 19.7. The smallest absolute Gasteiger partial charge is 0.163 e. The van der Waals surface area contributed by atoms with Gasteiger partial charge in [-0.3, -0.25) is 0 Å². The second-order valence-corrected chi connectivity index (χ2v) is 10.1. The van der Waals surface area contributed by atoms with Crippen LogP contribution >= 0.6 is 15.9 Å². The van der Waals surface area contributed by atoms with Crippen LogP contribution in [0.15, 0.2) is 22.7 Å². The monoisotopic (exact) mass is 452 g/mol. The zero-order valence-corrected chi connectivity index (χ0v) is 18.5. The molecule has 1 aromatic rings. The Kier molecular flexibility index (Phi) is 6.39. The van der Waals surface area contributed by atoms with E-state index in [-0.39, 0.29) is 18.0 Å². The quantitative estimate of drug-likeness (QED) is 0.462. The highest BCUT2D eigenvalue weighted by atomic mass is 79.9. The van der Waals surface area contributed by atoms with E-state index >= 15 is 0 Å². The van der Waals surface area contributed by atoms with Crippen LogP contribution in [0, 0.1) is 5.82 Å². The van der Waals surface area contributed by atoms with Crippen molar-refractivity contribution in [2.24, 2.45) is 0 Å². The van der Waals surface area contributed by atoms with Crippen molar-refractivity contribution >= 4 is 22.6 Å². The van der Waals surface area contributed by atoms with Crippen LogP contribution in [0.25, 0.3) is 0 Å². The number of ether oxygens (including phenoxy) is 3. The van der Waals surface area contributed by atoms with Gasteiger partial charge in [0.05, 0.1) is 11.1 Å². The number of rotatable bonds is 6. The molecule has 2 atom stereocenters. The third-order valence-electron chi connectivity index (χ3n) is 6.91. The van der Waals surface area contributed by atoms with E-state index in [1.165, 1.54) is 57.0 Å². The molecule has 0 saturated carbocycles. The molecule has 2 bridgehead atoms. The number of benzene rings is 1. The van der Waals surface area contributed by atoms with Gasteiger partial charge in [0, 0.05) is 0 Å². The van der Waals surface area contributed by atoms with Crippen LogP contribution in [0.1, 0.15) is 58.8 Å². The predicted octanol–water partition coefficient (Wildman–Crippen LogP) is 6.48. The van der Waals surface area contributed by atoms with Crippen LogP contribution < -0.4 is 4.74 Å². The molecule has 0 N–H and O–H groups in total. The maximum Gasteiger partial charge on any atom is 0.163 e. The fourth-order valence-electron chi connectivity index (χ4n) is 5.60. The minimum Gasteiger partial charge on any atom is -0.486 e. The molecule has 0 radical (unpaired) electrons. The SMILES string of the molecule is CC1(C)OCC(C(CCB2C3CCCC2CCC3)Oc2ccc(F)cc2Br)O1. The van der Waals surface area contributed by atoms with Crippen LogP contribution in [-0.4, -0.2) is 31.3 Å². The summed E-state index contributed by atoms with van der Waals surface area (Å²) in [7, 11) is 0. The van der Waals surface area contributed by atoms with Gasteiger partial charge in [-0.05, 0) is 54.4 Å². The Morgan fingerprint density at radius 2 is 1.89 bits per heavy atom. The minimum atomic E-state index is -0.576. The highest BCUT2D eigenvalue weighted by Gasteiger charge is 2.42. The number of fused-ring (bicyclic) bond motifs is 2. The van der Waals surface area contributed by atoms with Gasteiger partial charge in [-0.25, -0.2) is 4.39 Å². The molecule has 6 heteroatoms. The molecule has 4 rings (SSSR count). The molecule has 3 fully saturated rings. The van der Waals surface area contributed by atoms with Crippen LogP contribution in [0.3, 0.4) is 0 Å². The van der Waals surface area contributed by atoms with Crippen LogP contribution in [-0.2, 0) is 9.47 Å². The van der Waals surface area contributed by atoms with Gasteiger partial charge in [-0.1, -0.05) is 56.5 Å². The first-order valence-electron chi connectivity index (χ1n) is 10.8. The van der Waals surface area contributed by atoms with E-state index in [9.17, 15) is 4.39 Å². The molecule has 0 aromatic heterocycles. The minimum absolute atomic E-state index is 0.0915. The average molecular weight is 453 g/mol. The summed E-state index contributed by atoms with van der Waals surface area (Å²) in [5, 5.41) is 0. The number of halogens is 2. The van der Waals surface area contributed by atoms with Crippen LogP contribution in [0.4, 0.5) is 4.39 Å². The predicted molar refractivity (Wildman–Crippen MR) is 114 cm³/mol. The second kappa shape index (κ2) is 8.65.